The molecule has 4 rings (SSSR count). The average molecular weight is 395 g/mol. The van der Waals surface area contributed by atoms with Crippen LogP contribution in [0.15, 0.2) is 54.6 Å². The molecule has 148 valence electrons. The van der Waals surface area contributed by atoms with Gasteiger partial charge in [0.25, 0.3) is 5.91 Å². The highest BCUT2D eigenvalue weighted by Gasteiger charge is 2.38. The summed E-state index contributed by atoms with van der Waals surface area (Å²) in [5.41, 5.74) is 7.71. The van der Waals surface area contributed by atoms with Gasteiger partial charge < -0.3 is 10.5 Å². The van der Waals surface area contributed by atoms with E-state index in [1.165, 1.54) is 13.2 Å². The van der Waals surface area contributed by atoms with Gasteiger partial charge in [-0.05, 0) is 23.3 Å². The van der Waals surface area contributed by atoms with Gasteiger partial charge in [0.15, 0.2) is 17.3 Å². The maximum absolute atomic E-state index is 14.1. The smallest absolute Gasteiger partial charge is 0.269 e. The van der Waals surface area contributed by atoms with Crippen LogP contribution >= 0.6 is 0 Å². The maximum Gasteiger partial charge on any atom is 0.269 e. The first kappa shape index (κ1) is 19.0. The topological polar surface area (TPSA) is 70.1 Å². The first-order chi connectivity index (χ1) is 14.0. The first-order valence-electron chi connectivity index (χ1n) is 9.05. The van der Waals surface area contributed by atoms with E-state index in [1.54, 1.807) is 16.8 Å². The lowest BCUT2D eigenvalue weighted by Crippen LogP contribution is -2.32. The SMILES string of the molecule is COCn1nc(C(N)=O)c2c1CC(c1ccccc1)(c1ccc(F)c(F)c1)C=C2. The van der Waals surface area contributed by atoms with Crippen LogP contribution in [0.5, 0.6) is 0 Å². The Bertz CT molecular complexity index is 1110. The van der Waals surface area contributed by atoms with Crippen molar-refractivity contribution >= 4 is 12.0 Å². The number of hydrogen-bond acceptors (Lipinski definition) is 3. The molecular weight excluding hydrogens is 376 g/mol. The van der Waals surface area contributed by atoms with Crippen molar-refractivity contribution in [2.45, 2.75) is 18.6 Å². The molecule has 0 saturated carbocycles. The molecule has 0 bridgehead atoms. The second-order valence-electron chi connectivity index (χ2n) is 6.97. The molecule has 1 unspecified atom stereocenters. The normalized spacial score (nSPS) is 17.9. The molecule has 2 N–H and O–H groups in total. The second kappa shape index (κ2) is 7.25. The van der Waals surface area contributed by atoms with Crippen molar-refractivity contribution in [3.63, 3.8) is 0 Å². The van der Waals surface area contributed by atoms with Crippen LogP contribution in [-0.4, -0.2) is 22.8 Å². The van der Waals surface area contributed by atoms with Gasteiger partial charge in [0.05, 0.1) is 5.69 Å². The number of carbonyl (C=O) groups excluding carboxylic acids is 1. The lowest BCUT2D eigenvalue weighted by molar-refractivity contribution is 0.0985. The van der Waals surface area contributed by atoms with E-state index in [1.807, 2.05) is 36.4 Å². The third-order valence-electron chi connectivity index (χ3n) is 5.29. The van der Waals surface area contributed by atoms with Gasteiger partial charge in [0.2, 0.25) is 0 Å². The highest BCUT2D eigenvalue weighted by molar-refractivity contribution is 5.95. The summed E-state index contributed by atoms with van der Waals surface area (Å²) in [5.74, 6) is -2.46. The van der Waals surface area contributed by atoms with Crippen LogP contribution in [0.4, 0.5) is 8.78 Å². The number of methoxy groups -OCH3 is 1. The fourth-order valence-electron chi connectivity index (χ4n) is 3.90. The Hall–Kier alpha value is -3.32. The molecule has 1 atom stereocenters. The molecular formula is C22H19F2N3O2. The van der Waals surface area contributed by atoms with E-state index in [0.29, 0.717) is 17.5 Å². The van der Waals surface area contributed by atoms with Gasteiger partial charge in [0, 0.05) is 24.5 Å². The molecule has 0 aliphatic heterocycles. The molecule has 1 aliphatic rings. The summed E-state index contributed by atoms with van der Waals surface area (Å²) < 4.78 is 34.5. The summed E-state index contributed by atoms with van der Waals surface area (Å²) in [6.45, 7) is 0.131. The van der Waals surface area contributed by atoms with E-state index in [4.69, 9.17) is 10.5 Å². The molecule has 29 heavy (non-hydrogen) atoms. The van der Waals surface area contributed by atoms with E-state index in [0.717, 1.165) is 17.3 Å². The maximum atomic E-state index is 14.1. The lowest BCUT2D eigenvalue weighted by Gasteiger charge is -2.35. The van der Waals surface area contributed by atoms with Gasteiger partial charge in [0.1, 0.15) is 6.73 Å². The molecule has 0 spiro atoms. The minimum absolute atomic E-state index is 0.131. The number of fused-ring (bicyclic) bond motifs is 1. The summed E-state index contributed by atoms with van der Waals surface area (Å²) >= 11 is 0. The largest absolute Gasteiger partial charge is 0.364 e. The van der Waals surface area contributed by atoms with E-state index in [-0.39, 0.29) is 12.4 Å². The van der Waals surface area contributed by atoms with Gasteiger partial charge in [-0.15, -0.1) is 0 Å². The molecule has 5 nitrogen and oxygen atoms in total. The zero-order valence-corrected chi connectivity index (χ0v) is 15.7. The Kier molecular flexibility index (Phi) is 4.76. The van der Waals surface area contributed by atoms with E-state index in [2.05, 4.69) is 5.10 Å². The van der Waals surface area contributed by atoms with Crippen molar-refractivity contribution < 1.29 is 18.3 Å². The standard InChI is InChI=1S/C22H19F2N3O2/c1-29-13-27-19-12-22(14-5-3-2-4-6-14,15-7-8-17(23)18(24)11-15)10-9-16(19)20(26-27)21(25)28/h2-11H,12-13H2,1H3,(H2,25,28). The second-order valence-corrected chi connectivity index (χ2v) is 6.97. The summed E-state index contributed by atoms with van der Waals surface area (Å²) in [4.78, 5) is 11.9. The third kappa shape index (κ3) is 3.13. The number of nitrogens with two attached hydrogens (primary N) is 1. The van der Waals surface area contributed by atoms with Crippen LogP contribution in [0.25, 0.3) is 6.08 Å². The molecule has 0 radical (unpaired) electrons. The van der Waals surface area contributed by atoms with E-state index in [9.17, 15) is 13.6 Å². The molecule has 3 aromatic rings. The zero-order valence-electron chi connectivity index (χ0n) is 15.7. The van der Waals surface area contributed by atoms with Crippen LogP contribution in [0.2, 0.25) is 0 Å². The summed E-state index contributed by atoms with van der Waals surface area (Å²) in [7, 11) is 1.52. The van der Waals surface area contributed by atoms with Crippen LogP contribution in [0.1, 0.15) is 32.9 Å². The molecule has 1 aliphatic carbocycles. The van der Waals surface area contributed by atoms with Crippen LogP contribution in [-0.2, 0) is 23.3 Å². The fourth-order valence-corrected chi connectivity index (χ4v) is 3.90. The fraction of sp³-hybridized carbons (Fsp3) is 0.182. The molecule has 1 aromatic heterocycles. The quantitative estimate of drug-likeness (QED) is 0.720. The number of primary amides is 1. The number of hydrogen-bond donors (Lipinski definition) is 1. The van der Waals surface area contributed by atoms with Crippen LogP contribution in [0, 0.1) is 11.6 Å². The highest BCUT2D eigenvalue weighted by atomic mass is 19.2. The van der Waals surface area contributed by atoms with Crippen molar-refractivity contribution in [1.29, 1.82) is 0 Å². The molecule has 0 fully saturated rings. The van der Waals surface area contributed by atoms with Crippen molar-refractivity contribution in [1.82, 2.24) is 9.78 Å². The number of allylic oxidation sites excluding steroid dienone is 1. The number of halogens is 2. The Labute approximate surface area is 166 Å². The third-order valence-corrected chi connectivity index (χ3v) is 5.29. The Morgan fingerprint density at radius 1 is 1.17 bits per heavy atom. The number of rotatable bonds is 5. The van der Waals surface area contributed by atoms with Gasteiger partial charge in [-0.3, -0.25) is 4.79 Å². The molecule has 1 heterocycles. The van der Waals surface area contributed by atoms with Gasteiger partial charge in [-0.2, -0.15) is 5.10 Å². The monoisotopic (exact) mass is 395 g/mol. The number of aromatic nitrogens is 2. The average Bonchev–Trinajstić information content (AvgIpc) is 3.09. The number of ether oxygens (including phenoxy) is 1. The Morgan fingerprint density at radius 2 is 1.93 bits per heavy atom. The first-order valence-corrected chi connectivity index (χ1v) is 9.05. The van der Waals surface area contributed by atoms with Gasteiger partial charge in [-0.1, -0.05) is 48.6 Å². The predicted octanol–water partition coefficient (Wildman–Crippen LogP) is 3.42. The Morgan fingerprint density at radius 3 is 2.59 bits per heavy atom. The molecule has 7 heteroatoms. The lowest BCUT2D eigenvalue weighted by atomic mass is 9.68. The highest BCUT2D eigenvalue weighted by Crippen LogP contribution is 2.42. The summed E-state index contributed by atoms with van der Waals surface area (Å²) in [6.07, 6.45) is 4.03. The zero-order chi connectivity index (χ0) is 20.6. The minimum Gasteiger partial charge on any atom is -0.364 e. The number of amides is 1. The Balaban J connectivity index is 1.95. The van der Waals surface area contributed by atoms with Crippen molar-refractivity contribution in [3.05, 3.63) is 94.3 Å². The van der Waals surface area contributed by atoms with Gasteiger partial charge in [-0.25, -0.2) is 13.5 Å². The molecule has 1 amide bonds. The van der Waals surface area contributed by atoms with Crippen molar-refractivity contribution in [2.24, 2.45) is 5.73 Å². The van der Waals surface area contributed by atoms with Crippen molar-refractivity contribution in [3.8, 4) is 0 Å². The van der Waals surface area contributed by atoms with Crippen molar-refractivity contribution in [2.75, 3.05) is 7.11 Å². The predicted molar refractivity (Wildman–Crippen MR) is 104 cm³/mol. The summed E-state index contributed by atoms with van der Waals surface area (Å²) in [5, 5.41) is 4.30. The summed E-state index contributed by atoms with van der Waals surface area (Å²) in [6, 6.07) is 13.5. The van der Waals surface area contributed by atoms with Gasteiger partial charge >= 0.3 is 0 Å². The number of carbonyl (C=O) groups is 1. The van der Waals surface area contributed by atoms with Crippen LogP contribution < -0.4 is 5.73 Å². The molecule has 0 saturated heterocycles. The number of benzene rings is 2. The minimum atomic E-state index is -0.916. The van der Waals surface area contributed by atoms with E-state index >= 15 is 0 Å². The van der Waals surface area contributed by atoms with E-state index < -0.39 is 23.0 Å². The van der Waals surface area contributed by atoms with Crippen LogP contribution in [0.3, 0.4) is 0 Å². The molecule has 2 aromatic carbocycles. The number of nitrogens with zero attached hydrogens (tertiary/aromatic N) is 2.